The Morgan fingerprint density at radius 1 is 1.36 bits per heavy atom. The molecule has 0 aliphatic carbocycles. The summed E-state index contributed by atoms with van der Waals surface area (Å²) in [6, 6.07) is 3.41. The van der Waals surface area contributed by atoms with Crippen molar-refractivity contribution in [1.29, 1.82) is 0 Å². The Bertz CT molecular complexity index is 871. The predicted octanol–water partition coefficient (Wildman–Crippen LogP) is 3.51. The molecule has 1 aliphatic heterocycles. The first-order valence-electron chi connectivity index (χ1n) is 7.87. The highest BCUT2D eigenvalue weighted by Gasteiger charge is 2.37. The zero-order valence-corrected chi connectivity index (χ0v) is 19.3. The number of hydrogen-bond donors (Lipinski definition) is 1. The number of rotatable bonds is 7. The van der Waals surface area contributed by atoms with Crippen LogP contribution in [0.2, 0.25) is 0 Å². The predicted molar refractivity (Wildman–Crippen MR) is 114 cm³/mol. The van der Waals surface area contributed by atoms with Gasteiger partial charge in [-0.2, -0.15) is 0 Å². The number of thioether (sulfide) groups is 1. The summed E-state index contributed by atoms with van der Waals surface area (Å²) in [6.07, 6.45) is 1.07. The number of carbonyl (C=O) groups excluding carboxylic acids is 3. The number of halogens is 2. The summed E-state index contributed by atoms with van der Waals surface area (Å²) in [5.41, 5.74) is 0.426. The smallest absolute Gasteiger partial charge is 0.341 e. The number of benzene rings is 1. The molecule has 1 N–H and O–H groups in total. The van der Waals surface area contributed by atoms with E-state index in [0.29, 0.717) is 21.8 Å². The summed E-state index contributed by atoms with van der Waals surface area (Å²) in [5, 5.41) is 8.25. The van der Waals surface area contributed by atoms with Gasteiger partial charge in [-0.15, -0.1) is 0 Å². The Morgan fingerprint density at radius 3 is 2.64 bits per heavy atom. The van der Waals surface area contributed by atoms with Gasteiger partial charge in [-0.05, 0) is 82.3 Å². The van der Waals surface area contributed by atoms with Crippen molar-refractivity contribution in [1.82, 2.24) is 4.90 Å². The Kier molecular flexibility index (Phi) is 7.89. The molecular formula is C17H15BrINO7S. The van der Waals surface area contributed by atoms with E-state index in [9.17, 15) is 19.2 Å². The second-order valence-corrected chi connectivity index (χ2v) is 8.89. The maximum absolute atomic E-state index is 12.5. The Morgan fingerprint density at radius 2 is 2.04 bits per heavy atom. The minimum absolute atomic E-state index is 0.0939. The summed E-state index contributed by atoms with van der Waals surface area (Å²) in [6.45, 7) is 2.29. The number of carboxylic acids is 1. The lowest BCUT2D eigenvalue weighted by molar-refractivity contribution is -0.149. The van der Waals surface area contributed by atoms with Crippen molar-refractivity contribution in [2.75, 3.05) is 13.2 Å². The zero-order valence-electron chi connectivity index (χ0n) is 14.7. The van der Waals surface area contributed by atoms with Gasteiger partial charge in [0.1, 0.15) is 12.3 Å². The lowest BCUT2D eigenvalue weighted by atomic mass is 10.2. The van der Waals surface area contributed by atoms with Gasteiger partial charge in [0.05, 0.1) is 15.5 Å². The molecule has 0 bridgehead atoms. The molecule has 0 aromatic heterocycles. The molecule has 1 aromatic carbocycles. The van der Waals surface area contributed by atoms with Gasteiger partial charge in [0, 0.05) is 9.13 Å². The molecule has 0 radical (unpaired) electrons. The normalized spacial score (nSPS) is 15.5. The van der Waals surface area contributed by atoms with Crippen LogP contribution in [0.4, 0.5) is 4.79 Å². The first kappa shape index (κ1) is 22.7. The SMILES string of the molecule is CC(C)OC(=O)CN1C(=O)S/C(=C/c2cc(I)cc(Br)c2OCC(=O)O)C1=O. The van der Waals surface area contributed by atoms with Crippen molar-refractivity contribution in [2.45, 2.75) is 20.0 Å². The number of hydrogen-bond acceptors (Lipinski definition) is 7. The fraction of sp³-hybridized carbons (Fsp3) is 0.294. The van der Waals surface area contributed by atoms with Crippen LogP contribution < -0.4 is 4.74 Å². The summed E-state index contributed by atoms with van der Waals surface area (Å²) in [7, 11) is 0. The summed E-state index contributed by atoms with van der Waals surface area (Å²) < 4.78 is 11.6. The lowest BCUT2D eigenvalue weighted by Crippen LogP contribution is -2.35. The van der Waals surface area contributed by atoms with Crippen LogP contribution in [0.15, 0.2) is 21.5 Å². The highest BCUT2D eigenvalue weighted by atomic mass is 127. The van der Waals surface area contributed by atoms with Crippen molar-refractivity contribution >= 4 is 79.4 Å². The number of carboxylic acid groups (broad SMARTS) is 1. The van der Waals surface area contributed by atoms with E-state index in [0.717, 1.165) is 8.47 Å². The number of esters is 1. The zero-order chi connectivity index (χ0) is 21.0. The topological polar surface area (TPSA) is 110 Å². The number of imide groups is 1. The molecule has 28 heavy (non-hydrogen) atoms. The van der Waals surface area contributed by atoms with Crippen LogP contribution in [0.25, 0.3) is 6.08 Å². The Hall–Kier alpha value is -1.60. The monoisotopic (exact) mass is 583 g/mol. The quantitative estimate of drug-likeness (QED) is 0.295. The third-order valence-corrected chi connectivity index (χ3v) is 5.31. The molecule has 2 rings (SSSR count). The summed E-state index contributed by atoms with van der Waals surface area (Å²) in [4.78, 5) is 48.2. The maximum atomic E-state index is 12.5. The molecule has 1 aromatic rings. The van der Waals surface area contributed by atoms with Crippen molar-refractivity contribution in [2.24, 2.45) is 0 Å². The van der Waals surface area contributed by atoms with Crippen LogP contribution >= 0.6 is 50.3 Å². The number of aliphatic carboxylic acids is 1. The Balaban J connectivity index is 2.30. The van der Waals surface area contributed by atoms with Crippen molar-refractivity contribution in [3.05, 3.63) is 30.6 Å². The second-order valence-electron chi connectivity index (χ2n) is 5.79. The lowest BCUT2D eigenvalue weighted by Gasteiger charge is -2.13. The molecule has 11 heteroatoms. The fourth-order valence-corrected chi connectivity index (χ4v) is 4.67. The molecule has 0 spiro atoms. The minimum atomic E-state index is -1.15. The van der Waals surface area contributed by atoms with Gasteiger partial charge in [0.2, 0.25) is 0 Å². The molecule has 0 unspecified atom stereocenters. The van der Waals surface area contributed by atoms with Crippen LogP contribution in [0.1, 0.15) is 19.4 Å². The number of nitrogens with zero attached hydrogens (tertiary/aromatic N) is 1. The molecule has 1 fully saturated rings. The molecule has 150 valence electrons. The first-order valence-corrected chi connectivity index (χ1v) is 10.6. The van der Waals surface area contributed by atoms with Gasteiger partial charge in [0.25, 0.3) is 11.1 Å². The van der Waals surface area contributed by atoms with Gasteiger partial charge in [-0.25, -0.2) is 4.79 Å². The summed E-state index contributed by atoms with van der Waals surface area (Å²) in [5.74, 6) is -2.23. The van der Waals surface area contributed by atoms with E-state index < -0.39 is 36.2 Å². The van der Waals surface area contributed by atoms with Crippen LogP contribution in [0, 0.1) is 3.57 Å². The fourth-order valence-electron chi connectivity index (χ4n) is 2.18. The van der Waals surface area contributed by atoms with Gasteiger partial charge in [-0.1, -0.05) is 0 Å². The van der Waals surface area contributed by atoms with Gasteiger partial charge in [-0.3, -0.25) is 19.3 Å². The molecule has 1 saturated heterocycles. The highest BCUT2D eigenvalue weighted by Crippen LogP contribution is 2.37. The van der Waals surface area contributed by atoms with E-state index in [1.807, 2.05) is 0 Å². The van der Waals surface area contributed by atoms with Crippen LogP contribution in [-0.2, 0) is 19.1 Å². The van der Waals surface area contributed by atoms with Gasteiger partial charge >= 0.3 is 11.9 Å². The molecule has 8 nitrogen and oxygen atoms in total. The molecule has 0 atom stereocenters. The standard InChI is InChI=1S/C17H15BrINO7S/c1-8(2)27-14(23)6-20-16(24)12(28-17(20)25)4-9-3-10(19)5-11(18)15(9)26-7-13(21)22/h3-5,8H,6-7H2,1-2H3,(H,21,22)/b12-4+. The van der Waals surface area contributed by atoms with E-state index in [1.165, 1.54) is 6.08 Å². The number of amides is 2. The van der Waals surface area contributed by atoms with Crippen LogP contribution in [0.5, 0.6) is 5.75 Å². The van der Waals surface area contributed by atoms with E-state index >= 15 is 0 Å². The third-order valence-electron chi connectivity index (χ3n) is 3.19. The molecule has 2 amide bonds. The average Bonchev–Trinajstić information content (AvgIpc) is 2.80. The van der Waals surface area contributed by atoms with E-state index in [4.69, 9.17) is 14.6 Å². The number of ether oxygens (including phenoxy) is 2. The van der Waals surface area contributed by atoms with E-state index in [-0.39, 0.29) is 16.8 Å². The Labute approximate surface area is 186 Å². The van der Waals surface area contributed by atoms with Crippen molar-refractivity contribution < 1.29 is 33.8 Å². The largest absolute Gasteiger partial charge is 0.480 e. The van der Waals surface area contributed by atoms with E-state index in [1.54, 1.807) is 26.0 Å². The molecule has 0 saturated carbocycles. The first-order chi connectivity index (χ1) is 13.1. The maximum Gasteiger partial charge on any atom is 0.341 e. The summed E-state index contributed by atoms with van der Waals surface area (Å²) >= 11 is 6.05. The third kappa shape index (κ3) is 5.95. The van der Waals surface area contributed by atoms with Crippen molar-refractivity contribution in [3.8, 4) is 5.75 Å². The van der Waals surface area contributed by atoms with Gasteiger partial charge in [0.15, 0.2) is 6.61 Å². The highest BCUT2D eigenvalue weighted by molar-refractivity contribution is 14.1. The second kappa shape index (κ2) is 9.74. The minimum Gasteiger partial charge on any atom is -0.480 e. The average molecular weight is 584 g/mol. The van der Waals surface area contributed by atoms with Crippen LogP contribution in [0.3, 0.4) is 0 Å². The molecule has 1 heterocycles. The number of carbonyl (C=O) groups is 4. The molecule has 1 aliphatic rings. The van der Waals surface area contributed by atoms with E-state index in [2.05, 4.69) is 38.5 Å². The van der Waals surface area contributed by atoms with Gasteiger partial charge < -0.3 is 14.6 Å². The molecular weight excluding hydrogens is 569 g/mol. The van der Waals surface area contributed by atoms with Crippen LogP contribution in [-0.4, -0.2) is 52.3 Å². The van der Waals surface area contributed by atoms with Crippen molar-refractivity contribution in [3.63, 3.8) is 0 Å².